The fourth-order valence-electron chi connectivity index (χ4n) is 1.47. The van der Waals surface area contributed by atoms with Crippen LogP contribution in [0.2, 0.25) is 5.15 Å². The minimum absolute atomic E-state index is 0.0716. The number of amides is 1. The Morgan fingerprint density at radius 2 is 1.79 bits per heavy atom. The van der Waals surface area contributed by atoms with Gasteiger partial charge in [-0.05, 0) is 12.1 Å². The third-order valence-electron chi connectivity index (χ3n) is 2.35. The van der Waals surface area contributed by atoms with Crippen molar-refractivity contribution in [1.82, 2.24) is 9.97 Å². The number of carbonyl (C=O) groups is 2. The molecule has 7 heteroatoms. The summed E-state index contributed by atoms with van der Waals surface area (Å²) in [7, 11) is 0. The fourth-order valence-corrected chi connectivity index (χ4v) is 1.65. The number of halogens is 1. The molecule has 0 aliphatic rings. The summed E-state index contributed by atoms with van der Waals surface area (Å²) in [6, 6.07) is 7.09. The SMILES string of the molecule is O=C(O)CCC(=O)Nc1nc2ccccc2nc1Cl. The van der Waals surface area contributed by atoms with E-state index in [1.165, 1.54) is 0 Å². The van der Waals surface area contributed by atoms with Crippen LogP contribution in [-0.4, -0.2) is 27.0 Å². The highest BCUT2D eigenvalue weighted by atomic mass is 35.5. The summed E-state index contributed by atoms with van der Waals surface area (Å²) < 4.78 is 0. The number of nitrogens with zero attached hydrogens (tertiary/aromatic N) is 2. The number of carboxylic acid groups (broad SMARTS) is 1. The Morgan fingerprint density at radius 3 is 2.42 bits per heavy atom. The van der Waals surface area contributed by atoms with E-state index in [1.54, 1.807) is 24.3 Å². The van der Waals surface area contributed by atoms with Crippen LogP contribution in [-0.2, 0) is 9.59 Å². The van der Waals surface area contributed by atoms with Crippen molar-refractivity contribution in [2.75, 3.05) is 5.32 Å². The predicted octanol–water partition coefficient (Wildman–Crippen LogP) is 2.09. The van der Waals surface area contributed by atoms with Crippen LogP contribution in [0, 0.1) is 0 Å². The number of rotatable bonds is 4. The van der Waals surface area contributed by atoms with Crippen molar-refractivity contribution in [3.05, 3.63) is 29.4 Å². The van der Waals surface area contributed by atoms with Crippen molar-refractivity contribution in [2.45, 2.75) is 12.8 Å². The maximum Gasteiger partial charge on any atom is 0.303 e. The molecule has 1 aromatic heterocycles. The van der Waals surface area contributed by atoms with Gasteiger partial charge in [0.2, 0.25) is 5.91 Å². The highest BCUT2D eigenvalue weighted by Crippen LogP contribution is 2.21. The van der Waals surface area contributed by atoms with Crippen LogP contribution >= 0.6 is 11.6 Å². The topological polar surface area (TPSA) is 92.2 Å². The normalized spacial score (nSPS) is 10.4. The second kappa shape index (κ2) is 5.62. The number of benzene rings is 1. The molecule has 6 nitrogen and oxygen atoms in total. The van der Waals surface area contributed by atoms with Gasteiger partial charge in [-0.2, -0.15) is 0 Å². The van der Waals surface area contributed by atoms with Crippen molar-refractivity contribution < 1.29 is 14.7 Å². The Balaban J connectivity index is 2.18. The van der Waals surface area contributed by atoms with Crippen molar-refractivity contribution >= 4 is 40.3 Å². The van der Waals surface area contributed by atoms with Crippen LogP contribution in [0.25, 0.3) is 11.0 Å². The van der Waals surface area contributed by atoms with Gasteiger partial charge in [-0.25, -0.2) is 9.97 Å². The van der Waals surface area contributed by atoms with Crippen LogP contribution in [0.1, 0.15) is 12.8 Å². The van der Waals surface area contributed by atoms with Gasteiger partial charge in [-0.15, -0.1) is 0 Å². The molecule has 1 amide bonds. The number of aromatic nitrogens is 2. The molecule has 0 aliphatic heterocycles. The predicted molar refractivity (Wildman–Crippen MR) is 70.0 cm³/mol. The number of fused-ring (bicyclic) bond motifs is 1. The van der Waals surface area contributed by atoms with Gasteiger partial charge in [0.15, 0.2) is 11.0 Å². The van der Waals surface area contributed by atoms with Gasteiger partial charge in [0, 0.05) is 6.42 Å². The maximum absolute atomic E-state index is 11.5. The Morgan fingerprint density at radius 1 is 1.16 bits per heavy atom. The number of carboxylic acids is 1. The summed E-state index contributed by atoms with van der Waals surface area (Å²) in [6.45, 7) is 0. The first-order valence-electron chi connectivity index (χ1n) is 5.50. The molecule has 0 bridgehead atoms. The van der Waals surface area contributed by atoms with E-state index in [0.29, 0.717) is 11.0 Å². The van der Waals surface area contributed by atoms with E-state index >= 15 is 0 Å². The lowest BCUT2D eigenvalue weighted by atomic mass is 10.3. The Kier molecular flexibility index (Phi) is 3.91. The van der Waals surface area contributed by atoms with Gasteiger partial charge in [0.1, 0.15) is 0 Å². The molecule has 1 aromatic carbocycles. The molecule has 2 rings (SSSR count). The summed E-state index contributed by atoms with van der Waals surface area (Å²) in [6.07, 6.45) is -0.384. The van der Waals surface area contributed by atoms with E-state index in [1.807, 2.05) is 0 Å². The molecule has 0 spiro atoms. The second-order valence-electron chi connectivity index (χ2n) is 3.79. The molecule has 0 saturated heterocycles. The molecule has 0 fully saturated rings. The molecule has 0 atom stereocenters. The van der Waals surface area contributed by atoms with E-state index in [9.17, 15) is 9.59 Å². The Bertz CT molecular complexity index is 645. The van der Waals surface area contributed by atoms with E-state index in [-0.39, 0.29) is 23.8 Å². The number of aliphatic carboxylic acids is 1. The van der Waals surface area contributed by atoms with E-state index in [4.69, 9.17) is 16.7 Å². The third-order valence-corrected chi connectivity index (χ3v) is 2.62. The van der Waals surface area contributed by atoms with Crippen molar-refractivity contribution in [3.63, 3.8) is 0 Å². The molecule has 2 aromatic rings. The second-order valence-corrected chi connectivity index (χ2v) is 4.15. The van der Waals surface area contributed by atoms with E-state index < -0.39 is 11.9 Å². The van der Waals surface area contributed by atoms with Gasteiger partial charge in [-0.3, -0.25) is 9.59 Å². The Hall–Kier alpha value is -2.21. The molecule has 0 unspecified atom stereocenters. The third kappa shape index (κ3) is 3.38. The van der Waals surface area contributed by atoms with Gasteiger partial charge < -0.3 is 10.4 Å². The molecule has 2 N–H and O–H groups in total. The van der Waals surface area contributed by atoms with Gasteiger partial charge in [-0.1, -0.05) is 23.7 Å². The standard InChI is InChI=1S/C12H10ClN3O3/c13-11-12(16-9(17)5-6-10(18)19)15-8-4-2-1-3-7(8)14-11/h1-4H,5-6H2,(H,18,19)(H,15,16,17). The monoisotopic (exact) mass is 279 g/mol. The van der Waals surface area contributed by atoms with E-state index in [2.05, 4.69) is 15.3 Å². The first-order chi connectivity index (χ1) is 9.06. The summed E-state index contributed by atoms with van der Waals surface area (Å²) >= 11 is 5.91. The highest BCUT2D eigenvalue weighted by molar-refractivity contribution is 6.32. The van der Waals surface area contributed by atoms with Crippen molar-refractivity contribution in [2.24, 2.45) is 0 Å². The Labute approximate surface area is 113 Å². The first kappa shape index (κ1) is 13.2. The zero-order chi connectivity index (χ0) is 13.8. The van der Waals surface area contributed by atoms with Gasteiger partial charge in [0.05, 0.1) is 17.5 Å². The summed E-state index contributed by atoms with van der Waals surface area (Å²) in [5.41, 5.74) is 1.22. The smallest absolute Gasteiger partial charge is 0.303 e. The lowest BCUT2D eigenvalue weighted by molar-refractivity contribution is -0.138. The van der Waals surface area contributed by atoms with Crippen LogP contribution in [0.15, 0.2) is 24.3 Å². The number of carbonyl (C=O) groups excluding carboxylic acids is 1. The maximum atomic E-state index is 11.5. The molecular formula is C12H10ClN3O3. The zero-order valence-electron chi connectivity index (χ0n) is 9.76. The molecule has 0 saturated carbocycles. The molecule has 0 radical (unpaired) electrons. The summed E-state index contributed by atoms with van der Waals surface area (Å²) in [4.78, 5) is 30.1. The zero-order valence-corrected chi connectivity index (χ0v) is 10.5. The molecular weight excluding hydrogens is 270 g/mol. The summed E-state index contributed by atoms with van der Waals surface area (Å²) in [5.74, 6) is -1.37. The minimum Gasteiger partial charge on any atom is -0.481 e. The quantitative estimate of drug-likeness (QED) is 0.894. The largest absolute Gasteiger partial charge is 0.481 e. The average Bonchev–Trinajstić information content (AvgIpc) is 2.37. The molecule has 1 heterocycles. The van der Waals surface area contributed by atoms with Gasteiger partial charge >= 0.3 is 5.97 Å². The number of hydrogen-bond donors (Lipinski definition) is 2. The molecule has 98 valence electrons. The lowest BCUT2D eigenvalue weighted by Gasteiger charge is -2.06. The van der Waals surface area contributed by atoms with Crippen LogP contribution in [0.4, 0.5) is 5.82 Å². The highest BCUT2D eigenvalue weighted by Gasteiger charge is 2.11. The van der Waals surface area contributed by atoms with Gasteiger partial charge in [0.25, 0.3) is 0 Å². The molecule has 19 heavy (non-hydrogen) atoms. The summed E-state index contributed by atoms with van der Waals surface area (Å²) in [5, 5.41) is 11.0. The number of nitrogens with one attached hydrogen (secondary N) is 1. The minimum atomic E-state index is -1.04. The number of anilines is 1. The van der Waals surface area contributed by atoms with Crippen LogP contribution < -0.4 is 5.32 Å². The first-order valence-corrected chi connectivity index (χ1v) is 5.88. The van der Waals surface area contributed by atoms with Crippen LogP contribution in [0.3, 0.4) is 0 Å². The molecule has 0 aliphatic carbocycles. The lowest BCUT2D eigenvalue weighted by Crippen LogP contribution is -2.14. The average molecular weight is 280 g/mol. The number of hydrogen-bond acceptors (Lipinski definition) is 4. The number of para-hydroxylation sites is 2. The van der Waals surface area contributed by atoms with E-state index in [0.717, 1.165) is 0 Å². The fraction of sp³-hybridized carbons (Fsp3) is 0.167. The van der Waals surface area contributed by atoms with Crippen molar-refractivity contribution in [1.29, 1.82) is 0 Å². The van der Waals surface area contributed by atoms with Crippen LogP contribution in [0.5, 0.6) is 0 Å². The van der Waals surface area contributed by atoms with Crippen molar-refractivity contribution in [3.8, 4) is 0 Å².